The third-order valence-electron chi connectivity index (χ3n) is 6.24. The van der Waals surface area contributed by atoms with E-state index in [1.54, 1.807) is 24.2 Å². The highest BCUT2D eigenvalue weighted by molar-refractivity contribution is 6.12. The van der Waals surface area contributed by atoms with Crippen LogP contribution in [-0.4, -0.2) is 31.0 Å². The number of likely N-dealkylation sites (N-methyl/N-ethyl adjacent to an activating group) is 1. The summed E-state index contributed by atoms with van der Waals surface area (Å²) in [6.07, 6.45) is 3.22. The van der Waals surface area contributed by atoms with E-state index in [1.165, 1.54) is 12.1 Å². The third kappa shape index (κ3) is 2.14. The van der Waals surface area contributed by atoms with Crippen molar-refractivity contribution >= 4 is 28.2 Å². The monoisotopic (exact) mass is 361 g/mol. The van der Waals surface area contributed by atoms with Gasteiger partial charge in [-0.3, -0.25) is 9.78 Å². The first-order valence-electron chi connectivity index (χ1n) is 9.16. The third-order valence-corrected chi connectivity index (χ3v) is 6.24. The summed E-state index contributed by atoms with van der Waals surface area (Å²) < 4.78 is 13.7. The molecule has 1 aromatic heterocycles. The van der Waals surface area contributed by atoms with Gasteiger partial charge in [0.25, 0.3) is 0 Å². The average molecular weight is 361 g/mol. The summed E-state index contributed by atoms with van der Waals surface area (Å²) in [5.41, 5.74) is 3.09. The Morgan fingerprint density at radius 1 is 1.19 bits per heavy atom. The number of anilines is 2. The van der Waals surface area contributed by atoms with Crippen molar-refractivity contribution in [3.05, 3.63) is 66.1 Å². The molecule has 1 fully saturated rings. The van der Waals surface area contributed by atoms with Crippen LogP contribution in [0.1, 0.15) is 18.4 Å². The molecule has 0 N–H and O–H groups in total. The fourth-order valence-corrected chi connectivity index (χ4v) is 4.72. The second-order valence-corrected chi connectivity index (χ2v) is 7.63. The van der Waals surface area contributed by atoms with Crippen LogP contribution in [-0.2, 0) is 10.2 Å². The zero-order valence-electron chi connectivity index (χ0n) is 15.3. The number of rotatable bonds is 2. The highest BCUT2D eigenvalue weighted by atomic mass is 19.1. The number of para-hydroxylation sites is 1. The molecule has 1 aliphatic heterocycles. The predicted molar refractivity (Wildman–Crippen MR) is 105 cm³/mol. The molecule has 136 valence electrons. The molecule has 2 aliphatic rings. The van der Waals surface area contributed by atoms with Crippen LogP contribution in [0.3, 0.4) is 0 Å². The smallest absolute Gasteiger partial charge is 0.237 e. The van der Waals surface area contributed by atoms with Gasteiger partial charge in [0.1, 0.15) is 5.82 Å². The number of benzene rings is 2. The van der Waals surface area contributed by atoms with Crippen molar-refractivity contribution in [1.29, 1.82) is 0 Å². The van der Waals surface area contributed by atoms with Crippen LogP contribution >= 0.6 is 0 Å². The normalized spacial score (nSPS) is 23.6. The fraction of sp³-hybridized carbons (Fsp3) is 0.273. The van der Waals surface area contributed by atoms with Gasteiger partial charge in [0.05, 0.1) is 22.8 Å². The Morgan fingerprint density at radius 3 is 2.67 bits per heavy atom. The maximum Gasteiger partial charge on any atom is 0.237 e. The molecule has 3 aromatic rings. The van der Waals surface area contributed by atoms with Crippen molar-refractivity contribution in [3.8, 4) is 0 Å². The van der Waals surface area contributed by atoms with E-state index in [0.29, 0.717) is 11.6 Å². The van der Waals surface area contributed by atoms with Gasteiger partial charge in [0.2, 0.25) is 5.91 Å². The van der Waals surface area contributed by atoms with Crippen molar-refractivity contribution < 1.29 is 9.18 Å². The molecule has 5 rings (SSSR count). The summed E-state index contributed by atoms with van der Waals surface area (Å²) in [6, 6.07) is 15.2. The molecule has 0 atom stereocenters. The number of fused-ring (bicyclic) bond motifs is 4. The lowest BCUT2D eigenvalue weighted by molar-refractivity contribution is -0.126. The quantitative estimate of drug-likeness (QED) is 0.695. The molecule has 0 radical (unpaired) electrons. The van der Waals surface area contributed by atoms with E-state index >= 15 is 0 Å². The van der Waals surface area contributed by atoms with Crippen molar-refractivity contribution in [2.45, 2.75) is 24.3 Å². The molecule has 0 saturated heterocycles. The molecule has 27 heavy (non-hydrogen) atoms. The first kappa shape index (κ1) is 16.2. The van der Waals surface area contributed by atoms with Crippen LogP contribution in [0.2, 0.25) is 0 Å². The van der Waals surface area contributed by atoms with Gasteiger partial charge >= 0.3 is 0 Å². The zero-order chi connectivity index (χ0) is 18.8. The number of hydrogen-bond acceptors (Lipinski definition) is 3. The van der Waals surface area contributed by atoms with Gasteiger partial charge in [-0.2, -0.15) is 0 Å². The van der Waals surface area contributed by atoms with Gasteiger partial charge in [0, 0.05) is 42.8 Å². The highest BCUT2D eigenvalue weighted by Crippen LogP contribution is 2.56. The van der Waals surface area contributed by atoms with E-state index in [2.05, 4.69) is 29.1 Å². The number of aromatic nitrogens is 1. The Labute approximate surface area is 157 Å². The van der Waals surface area contributed by atoms with Gasteiger partial charge in [-0.1, -0.05) is 18.2 Å². The summed E-state index contributed by atoms with van der Waals surface area (Å²) in [5.74, 6) is -0.189. The maximum atomic E-state index is 13.7. The van der Waals surface area contributed by atoms with Crippen molar-refractivity contribution in [1.82, 2.24) is 4.98 Å². The van der Waals surface area contributed by atoms with Crippen molar-refractivity contribution in [2.75, 3.05) is 23.9 Å². The molecule has 4 nitrogen and oxygen atoms in total. The Morgan fingerprint density at radius 2 is 1.93 bits per heavy atom. The van der Waals surface area contributed by atoms with E-state index in [4.69, 9.17) is 0 Å². The van der Waals surface area contributed by atoms with E-state index < -0.39 is 5.41 Å². The number of hydrogen-bond donors (Lipinski definition) is 0. The van der Waals surface area contributed by atoms with Gasteiger partial charge in [-0.05, 0) is 37.1 Å². The van der Waals surface area contributed by atoms with Crippen LogP contribution in [0.25, 0.3) is 10.9 Å². The molecular weight excluding hydrogens is 341 g/mol. The van der Waals surface area contributed by atoms with Crippen LogP contribution in [0.15, 0.2) is 54.7 Å². The minimum atomic E-state index is -0.531. The van der Waals surface area contributed by atoms with Gasteiger partial charge in [-0.25, -0.2) is 4.39 Å². The van der Waals surface area contributed by atoms with Crippen LogP contribution in [0, 0.1) is 5.82 Å². The van der Waals surface area contributed by atoms with Gasteiger partial charge in [0.15, 0.2) is 0 Å². The number of halogens is 1. The standard InChI is InChI=1S/C22H20FN3O/c1-25(15-6-4-3-5-7-15)16-11-22(12-16)20-17-9-8-14(23)10-18(17)24-13-19(20)26(2)21(22)27/h3-10,13,16H,11-12H2,1-2H3. The second kappa shape index (κ2) is 5.52. The number of nitrogens with zero attached hydrogens (tertiary/aromatic N) is 3. The predicted octanol–water partition coefficient (Wildman–Crippen LogP) is 3.89. The molecule has 5 heteroatoms. The van der Waals surface area contributed by atoms with Crippen LogP contribution in [0.4, 0.5) is 15.8 Å². The van der Waals surface area contributed by atoms with Gasteiger partial charge < -0.3 is 9.80 Å². The Hall–Kier alpha value is -2.95. The Bertz CT molecular complexity index is 1060. The lowest BCUT2D eigenvalue weighted by atomic mass is 9.61. The summed E-state index contributed by atoms with van der Waals surface area (Å²) in [6.45, 7) is 0. The molecule has 1 saturated carbocycles. The molecule has 1 aliphatic carbocycles. The van der Waals surface area contributed by atoms with Gasteiger partial charge in [-0.15, -0.1) is 0 Å². The maximum absolute atomic E-state index is 13.7. The number of carbonyl (C=O) groups is 1. The van der Waals surface area contributed by atoms with E-state index in [1.807, 2.05) is 18.2 Å². The molecule has 0 bridgehead atoms. The highest BCUT2D eigenvalue weighted by Gasteiger charge is 2.59. The topological polar surface area (TPSA) is 36.4 Å². The average Bonchev–Trinajstić information content (AvgIpc) is 2.88. The number of pyridine rings is 1. The summed E-state index contributed by atoms with van der Waals surface area (Å²) >= 11 is 0. The molecule has 2 heterocycles. The number of amides is 1. The first-order chi connectivity index (χ1) is 13.0. The van der Waals surface area contributed by atoms with E-state index in [-0.39, 0.29) is 11.7 Å². The second-order valence-electron chi connectivity index (χ2n) is 7.63. The van der Waals surface area contributed by atoms with Crippen LogP contribution in [0.5, 0.6) is 0 Å². The molecule has 1 amide bonds. The minimum Gasteiger partial charge on any atom is -0.372 e. The summed E-state index contributed by atoms with van der Waals surface area (Å²) in [5, 5.41) is 0.882. The van der Waals surface area contributed by atoms with Crippen molar-refractivity contribution in [3.63, 3.8) is 0 Å². The van der Waals surface area contributed by atoms with E-state index in [9.17, 15) is 9.18 Å². The largest absolute Gasteiger partial charge is 0.372 e. The van der Waals surface area contributed by atoms with E-state index in [0.717, 1.165) is 35.2 Å². The molecule has 2 aromatic carbocycles. The summed E-state index contributed by atoms with van der Waals surface area (Å²) in [7, 11) is 3.89. The molecule has 0 unspecified atom stereocenters. The summed E-state index contributed by atoms with van der Waals surface area (Å²) in [4.78, 5) is 21.5. The lowest BCUT2D eigenvalue weighted by Crippen LogP contribution is -2.56. The Kier molecular flexibility index (Phi) is 3.32. The molecule has 1 spiro atoms. The molecular formula is C22H20FN3O. The Balaban J connectivity index is 1.57. The zero-order valence-corrected chi connectivity index (χ0v) is 15.3. The lowest BCUT2D eigenvalue weighted by Gasteiger charge is -2.48. The SMILES string of the molecule is CN1C(=O)C2(CC(N(C)c3ccccc3)C2)c2c1cnc1cc(F)ccc21. The van der Waals surface area contributed by atoms with Crippen LogP contribution < -0.4 is 9.80 Å². The first-order valence-corrected chi connectivity index (χ1v) is 9.16. The number of carbonyl (C=O) groups excluding carboxylic acids is 1. The minimum absolute atomic E-state index is 0.119. The fourth-order valence-electron chi connectivity index (χ4n) is 4.72. The van der Waals surface area contributed by atoms with Crippen molar-refractivity contribution in [2.24, 2.45) is 0 Å².